The van der Waals surface area contributed by atoms with Gasteiger partial charge in [0.05, 0.1) is 36.9 Å². The quantitative estimate of drug-likeness (QED) is 0.526. The van der Waals surface area contributed by atoms with Crippen LogP contribution in [0.25, 0.3) is 10.8 Å². The van der Waals surface area contributed by atoms with Gasteiger partial charge in [0.15, 0.2) is 0 Å². The fraction of sp³-hybridized carbons (Fsp3) is 0.423. The fourth-order valence-corrected chi connectivity index (χ4v) is 7.05. The van der Waals surface area contributed by atoms with Gasteiger partial charge in [-0.05, 0) is 23.8 Å². The molecule has 6 atom stereocenters. The molecule has 2 aromatic rings. The van der Waals surface area contributed by atoms with Gasteiger partial charge in [-0.15, -0.1) is 0 Å². The van der Waals surface area contributed by atoms with E-state index in [1.54, 1.807) is 0 Å². The van der Waals surface area contributed by atoms with Crippen LogP contribution in [-0.2, 0) is 23.9 Å². The summed E-state index contributed by atoms with van der Waals surface area (Å²) in [5.74, 6) is -1.61. The number of benzene rings is 2. The largest absolute Gasteiger partial charge is 0.469 e. The van der Waals surface area contributed by atoms with Crippen molar-refractivity contribution in [1.82, 2.24) is 4.90 Å². The highest BCUT2D eigenvalue weighted by molar-refractivity contribution is 6.11. The lowest BCUT2D eigenvalue weighted by atomic mass is 9.73. The van der Waals surface area contributed by atoms with Gasteiger partial charge in [0, 0.05) is 18.4 Å². The number of fused-ring (bicyclic) bond motifs is 6. The predicted molar refractivity (Wildman–Crippen MR) is 119 cm³/mol. The van der Waals surface area contributed by atoms with E-state index < -0.39 is 29.5 Å². The number of likely N-dealkylation sites (tertiary alicyclic amines) is 1. The fourth-order valence-electron chi connectivity index (χ4n) is 7.05. The molecule has 0 N–H and O–H groups in total. The second-order valence-corrected chi connectivity index (χ2v) is 9.71. The third-order valence-electron chi connectivity index (χ3n) is 8.36. The summed E-state index contributed by atoms with van der Waals surface area (Å²) in [5, 5.41) is 2.02. The summed E-state index contributed by atoms with van der Waals surface area (Å²) in [7, 11) is 1.36. The topological polar surface area (TPSA) is 76.2 Å². The average Bonchev–Trinajstić information content (AvgIpc) is 3.59. The summed E-state index contributed by atoms with van der Waals surface area (Å²) in [4.78, 5) is 43.4. The van der Waals surface area contributed by atoms with Crippen molar-refractivity contribution in [2.24, 2.45) is 11.8 Å². The molecule has 0 radical (unpaired) electrons. The molecule has 2 amide bonds. The minimum Gasteiger partial charge on any atom is -0.469 e. The second-order valence-electron chi connectivity index (χ2n) is 9.71. The smallest absolute Gasteiger partial charge is 0.312 e. The summed E-state index contributed by atoms with van der Waals surface area (Å²) >= 11 is 0. The van der Waals surface area contributed by atoms with Gasteiger partial charge < -0.3 is 19.3 Å². The molecular weight excluding hydrogens is 420 g/mol. The number of methoxy groups -OCH3 is 1. The van der Waals surface area contributed by atoms with E-state index in [0.717, 1.165) is 35.0 Å². The Morgan fingerprint density at radius 2 is 2.03 bits per heavy atom. The first-order valence-corrected chi connectivity index (χ1v) is 11.6. The van der Waals surface area contributed by atoms with Crippen LogP contribution in [0.3, 0.4) is 0 Å². The van der Waals surface area contributed by atoms with Crippen molar-refractivity contribution in [2.45, 2.75) is 43.1 Å². The Balaban J connectivity index is 1.46. The van der Waals surface area contributed by atoms with Crippen LogP contribution in [0.5, 0.6) is 0 Å². The highest BCUT2D eigenvalue weighted by atomic mass is 16.5. The number of ether oxygens (including phenoxy) is 2. The monoisotopic (exact) mass is 444 g/mol. The molecule has 1 spiro atoms. The number of rotatable bonds is 2. The lowest BCUT2D eigenvalue weighted by molar-refractivity contribution is -0.149. The van der Waals surface area contributed by atoms with Crippen molar-refractivity contribution >= 4 is 34.2 Å². The molecule has 33 heavy (non-hydrogen) atoms. The lowest BCUT2D eigenvalue weighted by Crippen LogP contribution is -2.51. The number of anilines is 1. The van der Waals surface area contributed by atoms with Crippen LogP contribution in [0.2, 0.25) is 0 Å². The molecule has 2 aromatic carbocycles. The molecule has 0 aromatic heterocycles. The van der Waals surface area contributed by atoms with Gasteiger partial charge in [0.1, 0.15) is 11.5 Å². The SMILES string of the molecule is COC(=O)[C@H]1[C@H]2C(=O)N3c4c(ccc5ccccc45)[C@@H](N4CCCC4=O)C[C@H]3[C@]23C=C[C@H]1O3. The van der Waals surface area contributed by atoms with E-state index in [4.69, 9.17) is 9.47 Å². The van der Waals surface area contributed by atoms with Crippen LogP contribution in [0, 0.1) is 11.8 Å². The molecular formula is C26H24N2O5. The zero-order valence-electron chi connectivity index (χ0n) is 18.3. The Bertz CT molecular complexity index is 1270. The number of hydrogen-bond donors (Lipinski definition) is 0. The highest BCUT2D eigenvalue weighted by Crippen LogP contribution is 2.61. The molecule has 168 valence electrons. The van der Waals surface area contributed by atoms with Gasteiger partial charge in [-0.25, -0.2) is 0 Å². The third kappa shape index (κ3) is 2.26. The Kier molecular flexibility index (Phi) is 3.77. The minimum absolute atomic E-state index is 0.0916. The van der Waals surface area contributed by atoms with Gasteiger partial charge in [0.2, 0.25) is 11.8 Å². The second kappa shape index (κ2) is 6.44. The average molecular weight is 444 g/mol. The number of hydrogen-bond acceptors (Lipinski definition) is 5. The van der Waals surface area contributed by atoms with Gasteiger partial charge in [0.25, 0.3) is 0 Å². The van der Waals surface area contributed by atoms with Crippen molar-refractivity contribution in [3.63, 3.8) is 0 Å². The van der Waals surface area contributed by atoms with Gasteiger partial charge >= 0.3 is 5.97 Å². The first kappa shape index (κ1) is 19.3. The predicted octanol–water partition coefficient (Wildman–Crippen LogP) is 2.74. The Morgan fingerprint density at radius 3 is 2.82 bits per heavy atom. The van der Waals surface area contributed by atoms with Crippen LogP contribution in [-0.4, -0.2) is 54.1 Å². The van der Waals surface area contributed by atoms with Crippen molar-refractivity contribution in [3.05, 3.63) is 54.1 Å². The summed E-state index contributed by atoms with van der Waals surface area (Å²) < 4.78 is 11.5. The standard InChI is InChI=1S/C26H24N2O5/c1-32-25(31)21-18-10-11-26(33-18)19-13-17(27-12-4-7-20(27)29)16-9-8-14-5-2-3-6-15(14)23(16)28(19)24(30)22(21)26/h2-3,5-6,8-11,17-19,21-22H,4,7,12-13H2,1H3/t17-,18+,19-,21+,22-,26+/m0/s1. The first-order chi connectivity index (χ1) is 16.0. The van der Waals surface area contributed by atoms with Gasteiger partial charge in [-0.3, -0.25) is 14.4 Å². The summed E-state index contributed by atoms with van der Waals surface area (Å²) in [5.41, 5.74) is 0.973. The maximum Gasteiger partial charge on any atom is 0.312 e. The maximum absolute atomic E-state index is 14.1. The lowest BCUT2D eigenvalue weighted by Gasteiger charge is -2.44. The highest BCUT2D eigenvalue weighted by Gasteiger charge is 2.72. The summed E-state index contributed by atoms with van der Waals surface area (Å²) in [6, 6.07) is 11.7. The van der Waals surface area contributed by atoms with Crippen molar-refractivity contribution < 1.29 is 23.9 Å². The molecule has 0 unspecified atom stereocenters. The van der Waals surface area contributed by atoms with Crippen LogP contribution >= 0.6 is 0 Å². The summed E-state index contributed by atoms with van der Waals surface area (Å²) in [6.45, 7) is 0.719. The van der Waals surface area contributed by atoms with Crippen molar-refractivity contribution in [3.8, 4) is 0 Å². The van der Waals surface area contributed by atoms with Crippen LogP contribution < -0.4 is 4.90 Å². The van der Waals surface area contributed by atoms with E-state index in [-0.39, 0.29) is 23.9 Å². The number of carbonyl (C=O) groups excluding carboxylic acids is 3. The van der Waals surface area contributed by atoms with E-state index in [1.165, 1.54) is 7.11 Å². The zero-order chi connectivity index (χ0) is 22.5. The number of nitrogens with zero attached hydrogens (tertiary/aromatic N) is 2. The molecule has 7 heteroatoms. The molecule has 3 saturated heterocycles. The van der Waals surface area contributed by atoms with Gasteiger partial charge in [-0.1, -0.05) is 48.6 Å². The Morgan fingerprint density at radius 1 is 1.18 bits per heavy atom. The Labute approximate surface area is 190 Å². The minimum atomic E-state index is -0.879. The van der Waals surface area contributed by atoms with E-state index in [1.807, 2.05) is 46.2 Å². The first-order valence-electron chi connectivity index (χ1n) is 11.6. The molecule has 5 heterocycles. The number of amides is 2. The number of carbonyl (C=O) groups is 3. The van der Waals surface area contributed by atoms with Gasteiger partial charge in [-0.2, -0.15) is 0 Å². The molecule has 7 rings (SSSR count). The third-order valence-corrected chi connectivity index (χ3v) is 8.36. The van der Waals surface area contributed by atoms with E-state index in [2.05, 4.69) is 12.1 Å². The molecule has 5 aliphatic heterocycles. The van der Waals surface area contributed by atoms with Crippen LogP contribution in [0.4, 0.5) is 5.69 Å². The van der Waals surface area contributed by atoms with Crippen LogP contribution in [0.15, 0.2) is 48.6 Å². The van der Waals surface area contributed by atoms with E-state index in [9.17, 15) is 14.4 Å². The molecule has 3 fully saturated rings. The molecule has 7 nitrogen and oxygen atoms in total. The molecule has 0 saturated carbocycles. The molecule has 5 aliphatic rings. The van der Waals surface area contributed by atoms with Crippen molar-refractivity contribution in [1.29, 1.82) is 0 Å². The zero-order valence-corrected chi connectivity index (χ0v) is 18.3. The van der Waals surface area contributed by atoms with E-state index in [0.29, 0.717) is 12.8 Å². The maximum atomic E-state index is 14.1. The normalized spacial score (nSPS) is 35.8. The summed E-state index contributed by atoms with van der Waals surface area (Å²) in [6.07, 6.45) is 5.44. The van der Waals surface area contributed by atoms with E-state index >= 15 is 0 Å². The Hall–Kier alpha value is -3.19. The number of esters is 1. The van der Waals surface area contributed by atoms with Crippen LogP contribution in [0.1, 0.15) is 30.9 Å². The van der Waals surface area contributed by atoms with Crippen molar-refractivity contribution in [2.75, 3.05) is 18.6 Å². The molecule has 2 bridgehead atoms. The molecule has 0 aliphatic carbocycles.